The highest BCUT2D eigenvalue weighted by atomic mass is 19.1. The van der Waals surface area contributed by atoms with E-state index in [9.17, 15) is 8.78 Å². The maximum atomic E-state index is 13.0. The Morgan fingerprint density at radius 1 is 0.786 bits per heavy atom. The van der Waals surface area contributed by atoms with Crippen LogP contribution in [-0.2, 0) is 6.42 Å². The van der Waals surface area contributed by atoms with Gasteiger partial charge in [-0.2, -0.15) is 0 Å². The summed E-state index contributed by atoms with van der Waals surface area (Å²) >= 11 is 0. The number of hydrogen-bond acceptors (Lipinski definition) is 0. The molecular formula is C40H64F2. The van der Waals surface area contributed by atoms with E-state index in [1.807, 2.05) is 65.8 Å². The molecule has 0 amide bonds. The highest BCUT2D eigenvalue weighted by molar-refractivity contribution is 5.67. The molecule has 0 fully saturated rings. The van der Waals surface area contributed by atoms with Crippen LogP contribution in [0.1, 0.15) is 131 Å². The van der Waals surface area contributed by atoms with Crippen molar-refractivity contribution in [3.63, 3.8) is 0 Å². The number of unbranched alkanes of at least 4 members (excludes halogenated alkanes) is 2. The molecule has 0 aromatic heterocycles. The average Bonchev–Trinajstić information content (AvgIpc) is 2.91. The van der Waals surface area contributed by atoms with Crippen molar-refractivity contribution in [2.45, 2.75) is 128 Å². The molecule has 0 radical (unpaired) electrons. The van der Waals surface area contributed by atoms with Gasteiger partial charge in [0.05, 0.1) is 0 Å². The molecule has 0 heterocycles. The first kappa shape index (κ1) is 43.7. The van der Waals surface area contributed by atoms with Gasteiger partial charge < -0.3 is 0 Å². The largest absolute Gasteiger partial charge is 0.207 e. The van der Waals surface area contributed by atoms with E-state index >= 15 is 0 Å². The van der Waals surface area contributed by atoms with Gasteiger partial charge in [0.15, 0.2) is 0 Å². The molecule has 2 heteroatoms. The number of hydrogen-bond donors (Lipinski definition) is 0. The average molecular weight is 583 g/mol. The molecule has 238 valence electrons. The SMILES string of the molecule is C=C(C)/C=C(\CC)c1cccc(F)c1.C=C(C)C.C=C(C)C.CCCCCC(CC)CC.CCc1cccc(C)c1F. The standard InChI is InChI=1S/C13H15F.C10H22.C9H11F.2C4H8/c1-4-11(8-10(2)3)12-6-5-7-13(14)9-12;1-4-7-8-9-10(5-2)6-3;1-3-8-6-4-5-7(2)9(8)10;2*1-4(2)3/h5-9H,2,4H2,1,3H3;10H,4-9H2,1-3H3;4-6H,3H2,1-2H3;2*1H2,2-3H3/b11-8+;;;;. The van der Waals surface area contributed by atoms with Crippen molar-refractivity contribution in [1.29, 1.82) is 0 Å². The Kier molecular flexibility index (Phi) is 29.5. The molecule has 2 aromatic carbocycles. The summed E-state index contributed by atoms with van der Waals surface area (Å²) in [5, 5.41) is 0. The van der Waals surface area contributed by atoms with Gasteiger partial charge in [0, 0.05) is 0 Å². The van der Waals surface area contributed by atoms with Crippen molar-refractivity contribution in [3.8, 4) is 0 Å². The molecule has 0 unspecified atom stereocenters. The lowest BCUT2D eigenvalue weighted by Crippen LogP contribution is -1.95. The van der Waals surface area contributed by atoms with Crippen LogP contribution in [0.2, 0.25) is 0 Å². The first-order valence-corrected chi connectivity index (χ1v) is 15.8. The van der Waals surface area contributed by atoms with Crippen LogP contribution in [0.15, 0.2) is 85.0 Å². The van der Waals surface area contributed by atoms with Gasteiger partial charge >= 0.3 is 0 Å². The molecule has 0 aliphatic carbocycles. The third-order valence-corrected chi connectivity index (χ3v) is 6.02. The number of allylic oxidation sites excluding steroid dienone is 5. The molecule has 0 aliphatic rings. The molecule has 0 saturated heterocycles. The van der Waals surface area contributed by atoms with Crippen molar-refractivity contribution in [2.75, 3.05) is 0 Å². The molecule has 0 aliphatic heterocycles. The second-order valence-electron chi connectivity index (χ2n) is 11.4. The molecular weight excluding hydrogens is 518 g/mol. The van der Waals surface area contributed by atoms with Crippen LogP contribution < -0.4 is 0 Å². The third-order valence-electron chi connectivity index (χ3n) is 6.02. The highest BCUT2D eigenvalue weighted by Crippen LogP contribution is 2.20. The zero-order valence-electron chi connectivity index (χ0n) is 29.2. The Bertz CT molecular complexity index is 1000. The van der Waals surface area contributed by atoms with E-state index in [1.165, 1.54) is 55.7 Å². The first-order valence-electron chi connectivity index (χ1n) is 15.8. The minimum atomic E-state index is -0.191. The van der Waals surface area contributed by atoms with Crippen molar-refractivity contribution >= 4 is 5.57 Å². The zero-order chi connectivity index (χ0) is 33.1. The van der Waals surface area contributed by atoms with E-state index in [0.29, 0.717) is 0 Å². The lowest BCUT2D eigenvalue weighted by Gasteiger charge is -2.10. The second-order valence-corrected chi connectivity index (χ2v) is 11.4. The number of aryl methyl sites for hydroxylation is 2. The van der Waals surface area contributed by atoms with Crippen LogP contribution in [-0.4, -0.2) is 0 Å². The number of rotatable bonds is 10. The van der Waals surface area contributed by atoms with E-state index < -0.39 is 0 Å². The summed E-state index contributed by atoms with van der Waals surface area (Å²) in [6.07, 6.45) is 12.1. The van der Waals surface area contributed by atoms with E-state index in [1.54, 1.807) is 25.1 Å². The maximum Gasteiger partial charge on any atom is 0.129 e. The van der Waals surface area contributed by atoms with Crippen LogP contribution in [0, 0.1) is 24.5 Å². The normalized spacial score (nSPS) is 10.0. The molecule has 2 rings (SSSR count). The molecule has 0 N–H and O–H groups in total. The summed E-state index contributed by atoms with van der Waals surface area (Å²) in [6, 6.07) is 12.2. The first-order chi connectivity index (χ1) is 19.7. The third kappa shape index (κ3) is 27.4. The Labute approximate surface area is 260 Å². The Morgan fingerprint density at radius 2 is 1.31 bits per heavy atom. The van der Waals surface area contributed by atoms with Gasteiger partial charge in [0.25, 0.3) is 0 Å². The number of benzene rings is 2. The Hall–Kier alpha value is -2.74. The predicted molar refractivity (Wildman–Crippen MR) is 189 cm³/mol. The van der Waals surface area contributed by atoms with Crippen molar-refractivity contribution < 1.29 is 8.78 Å². The molecule has 42 heavy (non-hydrogen) atoms. The molecule has 2 aromatic rings. The van der Waals surface area contributed by atoms with Gasteiger partial charge in [-0.3, -0.25) is 0 Å². The molecule has 0 atom stereocenters. The van der Waals surface area contributed by atoms with Gasteiger partial charge in [-0.25, -0.2) is 8.78 Å². The minimum absolute atomic E-state index is 0.0509. The fourth-order valence-corrected chi connectivity index (χ4v) is 3.74. The van der Waals surface area contributed by atoms with Gasteiger partial charge in [-0.1, -0.05) is 133 Å². The van der Waals surface area contributed by atoms with Crippen molar-refractivity contribution in [3.05, 3.63) is 113 Å². The summed E-state index contributed by atoms with van der Waals surface area (Å²) in [5.74, 6) is 0.764. The van der Waals surface area contributed by atoms with Crippen LogP contribution >= 0.6 is 0 Å². The molecule has 0 saturated carbocycles. The quantitative estimate of drug-likeness (QED) is 0.148. The summed E-state index contributed by atoms with van der Waals surface area (Å²) in [6.45, 7) is 33.4. The van der Waals surface area contributed by atoms with E-state index in [0.717, 1.165) is 46.6 Å². The second kappa shape index (κ2) is 28.4. The molecule has 0 bridgehead atoms. The van der Waals surface area contributed by atoms with Gasteiger partial charge in [0.1, 0.15) is 11.6 Å². The summed E-state index contributed by atoms with van der Waals surface area (Å²) in [5.41, 5.74) is 6.93. The van der Waals surface area contributed by atoms with Crippen LogP contribution in [0.4, 0.5) is 8.78 Å². The minimum Gasteiger partial charge on any atom is -0.207 e. The topological polar surface area (TPSA) is 0 Å². The zero-order valence-corrected chi connectivity index (χ0v) is 29.2. The fraction of sp³-hybridized carbons (Fsp3) is 0.500. The van der Waals surface area contributed by atoms with Crippen LogP contribution in [0.3, 0.4) is 0 Å². The fourth-order valence-electron chi connectivity index (χ4n) is 3.74. The molecule has 0 nitrogen and oxygen atoms in total. The monoisotopic (exact) mass is 582 g/mol. The molecule has 0 spiro atoms. The number of halogens is 2. The Morgan fingerprint density at radius 3 is 1.69 bits per heavy atom. The van der Waals surface area contributed by atoms with Crippen molar-refractivity contribution in [1.82, 2.24) is 0 Å². The lowest BCUT2D eigenvalue weighted by molar-refractivity contribution is 0.432. The van der Waals surface area contributed by atoms with Gasteiger partial charge in [0.2, 0.25) is 0 Å². The predicted octanol–water partition coefficient (Wildman–Crippen LogP) is 14.1. The van der Waals surface area contributed by atoms with Gasteiger partial charge in [-0.05, 0) is 94.7 Å². The summed E-state index contributed by atoms with van der Waals surface area (Å²) in [7, 11) is 0. The van der Waals surface area contributed by atoms with Crippen LogP contribution in [0.25, 0.3) is 5.57 Å². The maximum absolute atomic E-state index is 13.0. The Balaban J connectivity index is -0.000000488. The highest BCUT2D eigenvalue weighted by Gasteiger charge is 2.02. The van der Waals surface area contributed by atoms with E-state index in [-0.39, 0.29) is 11.6 Å². The van der Waals surface area contributed by atoms with Gasteiger partial charge in [-0.15, -0.1) is 13.2 Å². The summed E-state index contributed by atoms with van der Waals surface area (Å²) < 4.78 is 26.0. The lowest BCUT2D eigenvalue weighted by atomic mass is 9.96. The smallest absolute Gasteiger partial charge is 0.129 e. The summed E-state index contributed by atoms with van der Waals surface area (Å²) in [4.78, 5) is 0. The van der Waals surface area contributed by atoms with E-state index in [4.69, 9.17) is 0 Å². The van der Waals surface area contributed by atoms with E-state index in [2.05, 4.69) is 47.4 Å². The van der Waals surface area contributed by atoms with Crippen LogP contribution in [0.5, 0.6) is 0 Å². The van der Waals surface area contributed by atoms with Crippen molar-refractivity contribution in [2.24, 2.45) is 5.92 Å².